The maximum Gasteiger partial charge on any atom is 0.328 e. The molecule has 0 unspecified atom stereocenters. The van der Waals surface area contributed by atoms with E-state index in [-0.39, 0.29) is 12.0 Å². The van der Waals surface area contributed by atoms with Crippen LogP contribution in [0, 0.1) is 5.41 Å². The summed E-state index contributed by atoms with van der Waals surface area (Å²) in [6.07, 6.45) is 4.87. The van der Waals surface area contributed by atoms with Gasteiger partial charge in [0.05, 0.1) is 11.6 Å². The number of aromatic nitrogens is 2. The summed E-state index contributed by atoms with van der Waals surface area (Å²) in [5.41, 5.74) is -0.950. The largest absolute Gasteiger partial charge is 0.352 e. The Bertz CT molecular complexity index is 1070. The third-order valence-electron chi connectivity index (χ3n) is 6.12. The molecule has 3 aliphatic heterocycles. The minimum absolute atomic E-state index is 0.0713. The average Bonchev–Trinajstić information content (AvgIpc) is 2.93. The number of nitrogens with one attached hydrogen (secondary N) is 2. The molecule has 2 aromatic rings. The zero-order valence-electron chi connectivity index (χ0n) is 15.1. The van der Waals surface area contributed by atoms with Crippen LogP contribution in [0.5, 0.6) is 0 Å². The van der Waals surface area contributed by atoms with E-state index < -0.39 is 29.3 Å². The Hall–Kier alpha value is -3.23. The summed E-state index contributed by atoms with van der Waals surface area (Å²) in [4.78, 5) is 57.5. The van der Waals surface area contributed by atoms with E-state index in [0.29, 0.717) is 30.0 Å². The molecule has 5 rings (SSSR count). The Morgan fingerprint density at radius 1 is 1.04 bits per heavy atom. The molecule has 0 saturated carbocycles. The summed E-state index contributed by atoms with van der Waals surface area (Å²) in [5.74, 6) is -0.728. The lowest BCUT2D eigenvalue weighted by atomic mass is 9.68. The molecule has 28 heavy (non-hydrogen) atoms. The van der Waals surface area contributed by atoms with Gasteiger partial charge in [-0.25, -0.2) is 9.78 Å². The number of imide groups is 2. The molecular formula is C19H19N5O4. The van der Waals surface area contributed by atoms with Gasteiger partial charge in [-0.3, -0.25) is 29.4 Å². The van der Waals surface area contributed by atoms with Gasteiger partial charge in [-0.1, -0.05) is 18.9 Å². The van der Waals surface area contributed by atoms with Crippen LogP contribution in [0.3, 0.4) is 0 Å². The van der Waals surface area contributed by atoms with Gasteiger partial charge in [-0.2, -0.15) is 0 Å². The first-order valence-electron chi connectivity index (χ1n) is 9.46. The number of rotatable bonds is 0. The lowest BCUT2D eigenvalue weighted by molar-refractivity contribution is -0.146. The molecule has 2 N–H and O–H groups in total. The molecule has 0 aliphatic carbocycles. The van der Waals surface area contributed by atoms with E-state index >= 15 is 0 Å². The normalized spacial score (nSPS) is 23.6. The lowest BCUT2D eigenvalue weighted by Crippen LogP contribution is -2.71. The van der Waals surface area contributed by atoms with Gasteiger partial charge in [0.15, 0.2) is 5.41 Å². The standard InChI is InChI=1S/C19H19N5O4/c25-15-11-10-19(16(26)21-18(28)22-17(19)27)12-6-2-1-4-8-23(12)14(11)20-13-7-3-5-9-24(13)15/h3,5,7,9,12H,1-2,4,6,8,10H2,(H2,21,22,26,27,28)/t12-/m1/s1. The number of anilines is 1. The molecular weight excluding hydrogens is 362 g/mol. The first kappa shape index (κ1) is 16.9. The number of barbiturate groups is 1. The first-order chi connectivity index (χ1) is 13.5. The van der Waals surface area contributed by atoms with E-state index in [1.807, 2.05) is 11.0 Å². The average molecular weight is 381 g/mol. The Kier molecular flexibility index (Phi) is 3.55. The topological polar surface area (TPSA) is 113 Å². The quantitative estimate of drug-likeness (QED) is 0.637. The highest BCUT2D eigenvalue weighted by Crippen LogP contribution is 2.44. The van der Waals surface area contributed by atoms with E-state index in [1.54, 1.807) is 18.3 Å². The molecule has 2 fully saturated rings. The number of carbonyl (C=O) groups excluding carboxylic acids is 3. The summed E-state index contributed by atoms with van der Waals surface area (Å²) in [6.45, 7) is 0.601. The van der Waals surface area contributed by atoms with Crippen LogP contribution in [-0.4, -0.2) is 39.8 Å². The van der Waals surface area contributed by atoms with Crippen LogP contribution in [-0.2, 0) is 16.0 Å². The summed E-state index contributed by atoms with van der Waals surface area (Å²) in [5, 5.41) is 4.49. The molecule has 0 bridgehead atoms. The van der Waals surface area contributed by atoms with Crippen molar-refractivity contribution in [3.8, 4) is 0 Å². The van der Waals surface area contributed by atoms with Crippen molar-refractivity contribution in [3.05, 3.63) is 40.3 Å². The predicted octanol–water partition coefficient (Wildman–Crippen LogP) is 0.352. The smallest absolute Gasteiger partial charge is 0.328 e. The molecule has 144 valence electrons. The molecule has 0 aromatic carbocycles. The molecule has 4 amide bonds. The van der Waals surface area contributed by atoms with Gasteiger partial charge in [-0.15, -0.1) is 0 Å². The fourth-order valence-electron chi connectivity index (χ4n) is 4.80. The first-order valence-corrected chi connectivity index (χ1v) is 9.46. The van der Waals surface area contributed by atoms with Crippen molar-refractivity contribution in [1.82, 2.24) is 20.0 Å². The molecule has 9 nitrogen and oxygen atoms in total. The molecule has 2 aromatic heterocycles. The van der Waals surface area contributed by atoms with E-state index in [4.69, 9.17) is 4.98 Å². The van der Waals surface area contributed by atoms with Crippen LogP contribution in [0.15, 0.2) is 29.2 Å². The maximum absolute atomic E-state index is 13.2. The van der Waals surface area contributed by atoms with Crippen molar-refractivity contribution in [3.63, 3.8) is 0 Å². The van der Waals surface area contributed by atoms with Crippen molar-refractivity contribution in [2.75, 3.05) is 11.4 Å². The Balaban J connectivity index is 1.78. The predicted molar refractivity (Wildman–Crippen MR) is 98.9 cm³/mol. The third-order valence-corrected chi connectivity index (χ3v) is 6.12. The van der Waals surface area contributed by atoms with Gasteiger partial charge < -0.3 is 4.90 Å². The van der Waals surface area contributed by atoms with Crippen LogP contribution in [0.2, 0.25) is 0 Å². The Labute approximate surface area is 159 Å². The van der Waals surface area contributed by atoms with Crippen molar-refractivity contribution < 1.29 is 14.4 Å². The SMILES string of the molecule is O=C1NC(=O)C2(Cc3c(nc4ccccn4c3=O)N3CCCCC[C@@H]32)C(=O)N1. The maximum atomic E-state index is 13.2. The number of pyridine rings is 1. The van der Waals surface area contributed by atoms with Gasteiger partial charge in [0.25, 0.3) is 5.56 Å². The van der Waals surface area contributed by atoms with E-state index in [9.17, 15) is 19.2 Å². The van der Waals surface area contributed by atoms with Crippen LogP contribution < -0.4 is 21.1 Å². The number of carbonyl (C=O) groups is 3. The van der Waals surface area contributed by atoms with Gasteiger partial charge in [0.1, 0.15) is 11.5 Å². The summed E-state index contributed by atoms with van der Waals surface area (Å²) in [7, 11) is 0. The van der Waals surface area contributed by atoms with Crippen molar-refractivity contribution in [2.24, 2.45) is 5.41 Å². The number of urea groups is 1. The molecule has 1 spiro atoms. The Morgan fingerprint density at radius 3 is 2.61 bits per heavy atom. The highest BCUT2D eigenvalue weighted by molar-refractivity contribution is 6.20. The fourth-order valence-corrected chi connectivity index (χ4v) is 4.80. The lowest BCUT2D eigenvalue weighted by Gasteiger charge is -2.48. The molecule has 1 atom stereocenters. The van der Waals surface area contributed by atoms with Gasteiger partial charge in [-0.05, 0) is 25.0 Å². The van der Waals surface area contributed by atoms with Gasteiger partial charge in [0, 0.05) is 19.2 Å². The van der Waals surface area contributed by atoms with E-state index in [1.165, 1.54) is 4.40 Å². The van der Waals surface area contributed by atoms with E-state index in [0.717, 1.165) is 19.3 Å². The zero-order valence-corrected chi connectivity index (χ0v) is 15.1. The molecule has 9 heteroatoms. The highest BCUT2D eigenvalue weighted by atomic mass is 16.2. The van der Waals surface area contributed by atoms with Crippen molar-refractivity contribution in [2.45, 2.75) is 38.1 Å². The monoisotopic (exact) mass is 381 g/mol. The van der Waals surface area contributed by atoms with Gasteiger partial charge in [0.2, 0.25) is 11.8 Å². The van der Waals surface area contributed by atoms with E-state index in [2.05, 4.69) is 10.6 Å². The van der Waals surface area contributed by atoms with Crippen LogP contribution in [0.1, 0.15) is 31.2 Å². The Morgan fingerprint density at radius 2 is 1.82 bits per heavy atom. The number of amides is 4. The summed E-state index contributed by atoms with van der Waals surface area (Å²) >= 11 is 0. The van der Waals surface area contributed by atoms with Crippen LogP contribution in [0.4, 0.5) is 10.6 Å². The molecule has 2 saturated heterocycles. The summed E-state index contributed by atoms with van der Waals surface area (Å²) < 4.78 is 1.43. The van der Waals surface area contributed by atoms with Crippen molar-refractivity contribution >= 4 is 29.3 Å². The number of fused-ring (bicyclic) bond motifs is 5. The number of hydrogen-bond donors (Lipinski definition) is 2. The third kappa shape index (κ3) is 2.15. The summed E-state index contributed by atoms with van der Waals surface area (Å²) in [6, 6.07) is 4.03. The van der Waals surface area contributed by atoms with Crippen molar-refractivity contribution in [1.29, 1.82) is 0 Å². The fraction of sp³-hybridized carbons (Fsp3) is 0.421. The second-order valence-electron chi connectivity index (χ2n) is 7.59. The molecule has 5 heterocycles. The number of nitrogens with zero attached hydrogens (tertiary/aromatic N) is 3. The second-order valence-corrected chi connectivity index (χ2v) is 7.59. The van der Waals surface area contributed by atoms with Gasteiger partial charge >= 0.3 is 6.03 Å². The molecule has 0 radical (unpaired) electrons. The van der Waals surface area contributed by atoms with Crippen LogP contribution >= 0.6 is 0 Å². The minimum atomic E-state index is -1.52. The second kappa shape index (κ2) is 5.88. The zero-order chi connectivity index (χ0) is 19.5. The van der Waals surface area contributed by atoms with Crippen LogP contribution in [0.25, 0.3) is 5.65 Å². The highest BCUT2D eigenvalue weighted by Gasteiger charge is 2.60. The molecule has 3 aliphatic rings. The minimum Gasteiger partial charge on any atom is -0.352 e. The number of hydrogen-bond acceptors (Lipinski definition) is 6.